The summed E-state index contributed by atoms with van der Waals surface area (Å²) < 4.78 is 46.9. The molecule has 0 unspecified atom stereocenters. The summed E-state index contributed by atoms with van der Waals surface area (Å²) in [6.45, 7) is -0.520. The monoisotopic (exact) mass is 411 g/mol. The van der Waals surface area contributed by atoms with Crippen molar-refractivity contribution in [2.75, 3.05) is 7.11 Å². The molecule has 0 atom stereocenters. The van der Waals surface area contributed by atoms with Gasteiger partial charge < -0.3 is 4.74 Å². The first kappa shape index (κ1) is 19.7. The molecule has 2 heterocycles. The molecule has 3 aromatic rings. The number of ether oxygens (including phenoxy) is 1. The third kappa shape index (κ3) is 3.79. The van der Waals surface area contributed by atoms with E-state index in [-0.39, 0.29) is 29.7 Å². The van der Waals surface area contributed by atoms with E-state index in [2.05, 4.69) is 4.98 Å². The van der Waals surface area contributed by atoms with E-state index in [1.165, 1.54) is 13.3 Å². The molecule has 0 radical (unpaired) electrons. The van der Waals surface area contributed by atoms with Gasteiger partial charge in [0.1, 0.15) is 5.15 Å². The van der Waals surface area contributed by atoms with Crippen molar-refractivity contribution in [1.82, 2.24) is 14.1 Å². The molecule has 2 aromatic heterocycles. The second-order valence-corrected chi connectivity index (χ2v) is 6.19. The molecule has 6 nitrogen and oxygen atoms in total. The van der Waals surface area contributed by atoms with Gasteiger partial charge in [0.05, 0.1) is 20.2 Å². The molecule has 0 amide bonds. The van der Waals surface area contributed by atoms with E-state index in [1.54, 1.807) is 12.1 Å². The molecule has 0 bridgehead atoms. The Bertz CT molecular complexity index is 1140. The first-order valence-electron chi connectivity index (χ1n) is 7.93. The average molecular weight is 412 g/mol. The molecule has 0 fully saturated rings. The number of benzene rings is 1. The number of rotatable bonds is 5. The van der Waals surface area contributed by atoms with Gasteiger partial charge in [0.25, 0.3) is 5.56 Å². The molecule has 0 aliphatic rings. The van der Waals surface area contributed by atoms with Crippen molar-refractivity contribution in [3.8, 4) is 5.88 Å². The minimum absolute atomic E-state index is 0.0374. The van der Waals surface area contributed by atoms with Crippen LogP contribution in [0.1, 0.15) is 11.1 Å². The summed E-state index contributed by atoms with van der Waals surface area (Å²) in [7, 11) is 1.40. The van der Waals surface area contributed by atoms with Crippen LogP contribution < -0.4 is 16.0 Å². The third-order valence-corrected chi connectivity index (χ3v) is 4.30. The number of halogens is 4. The molecular weight excluding hydrogens is 399 g/mol. The van der Waals surface area contributed by atoms with Gasteiger partial charge in [-0.25, -0.2) is 22.9 Å². The van der Waals surface area contributed by atoms with Crippen LogP contribution in [-0.4, -0.2) is 21.2 Å². The minimum atomic E-state index is -1.61. The smallest absolute Gasteiger partial charge is 0.332 e. The summed E-state index contributed by atoms with van der Waals surface area (Å²) in [6, 6.07) is 5.74. The highest BCUT2D eigenvalue weighted by Crippen LogP contribution is 2.16. The van der Waals surface area contributed by atoms with Crippen LogP contribution in [0, 0.1) is 17.5 Å². The van der Waals surface area contributed by atoms with Crippen molar-refractivity contribution < 1.29 is 17.9 Å². The van der Waals surface area contributed by atoms with Crippen molar-refractivity contribution in [2.45, 2.75) is 13.1 Å². The van der Waals surface area contributed by atoms with Gasteiger partial charge in [-0.05, 0) is 23.8 Å². The van der Waals surface area contributed by atoms with Gasteiger partial charge in [0.15, 0.2) is 17.5 Å². The topological polar surface area (TPSA) is 66.1 Å². The number of nitrogens with zero attached hydrogens (tertiary/aromatic N) is 3. The largest absolute Gasteiger partial charge is 0.481 e. The molecule has 146 valence electrons. The first-order chi connectivity index (χ1) is 13.3. The standard InChI is InChI=1S/C18H13ClF3N3O3/c1-28-17-11(3-2-4-23-17)9-25-15(26)7-14(19)24(18(25)27)8-10-5-12(20)16(22)13(21)6-10/h2-7H,8-9H2,1H3. The van der Waals surface area contributed by atoms with Crippen LogP contribution in [-0.2, 0) is 13.1 Å². The Morgan fingerprint density at radius 3 is 2.39 bits per heavy atom. The van der Waals surface area contributed by atoms with E-state index in [0.717, 1.165) is 27.3 Å². The Balaban J connectivity index is 2.06. The predicted molar refractivity (Wildman–Crippen MR) is 95.3 cm³/mol. The average Bonchev–Trinajstić information content (AvgIpc) is 2.66. The van der Waals surface area contributed by atoms with Crippen LogP contribution in [0.25, 0.3) is 0 Å². The van der Waals surface area contributed by atoms with E-state index in [4.69, 9.17) is 16.3 Å². The van der Waals surface area contributed by atoms with Crippen molar-refractivity contribution in [2.24, 2.45) is 0 Å². The number of aromatic nitrogens is 3. The molecule has 0 saturated carbocycles. The normalized spacial score (nSPS) is 10.9. The summed E-state index contributed by atoms with van der Waals surface area (Å²) in [5.74, 6) is -4.17. The minimum Gasteiger partial charge on any atom is -0.481 e. The van der Waals surface area contributed by atoms with Crippen LogP contribution >= 0.6 is 11.6 Å². The molecule has 10 heteroatoms. The van der Waals surface area contributed by atoms with Crippen molar-refractivity contribution in [3.05, 3.63) is 91.1 Å². The quantitative estimate of drug-likeness (QED) is 0.478. The highest BCUT2D eigenvalue weighted by Gasteiger charge is 2.16. The Morgan fingerprint density at radius 2 is 1.75 bits per heavy atom. The summed E-state index contributed by atoms with van der Waals surface area (Å²) in [4.78, 5) is 29.0. The second-order valence-electron chi connectivity index (χ2n) is 5.81. The van der Waals surface area contributed by atoms with Crippen LogP contribution in [0.4, 0.5) is 13.2 Å². The zero-order valence-corrected chi connectivity index (χ0v) is 15.2. The van der Waals surface area contributed by atoms with Gasteiger partial charge >= 0.3 is 5.69 Å². The third-order valence-electron chi connectivity index (χ3n) is 3.98. The summed E-state index contributed by atoms with van der Waals surface area (Å²) in [5.41, 5.74) is -1.05. The first-order valence-corrected chi connectivity index (χ1v) is 8.31. The van der Waals surface area contributed by atoms with E-state index >= 15 is 0 Å². The lowest BCUT2D eigenvalue weighted by atomic mass is 10.2. The highest BCUT2D eigenvalue weighted by atomic mass is 35.5. The van der Waals surface area contributed by atoms with Gasteiger partial charge in [0.2, 0.25) is 5.88 Å². The van der Waals surface area contributed by atoms with Crippen molar-refractivity contribution in [3.63, 3.8) is 0 Å². The maximum atomic E-state index is 13.4. The Hall–Kier alpha value is -3.07. The van der Waals surface area contributed by atoms with Crippen LogP contribution in [0.15, 0.2) is 46.1 Å². The summed E-state index contributed by atoms with van der Waals surface area (Å²) >= 11 is 5.98. The van der Waals surface area contributed by atoms with Crippen LogP contribution in [0.5, 0.6) is 5.88 Å². The van der Waals surface area contributed by atoms with Crippen molar-refractivity contribution >= 4 is 11.6 Å². The van der Waals surface area contributed by atoms with Gasteiger partial charge in [-0.1, -0.05) is 17.7 Å². The number of pyridine rings is 1. The molecule has 0 aliphatic heterocycles. The Labute approximate surface area is 161 Å². The summed E-state index contributed by atoms with van der Waals surface area (Å²) in [5, 5.41) is -0.227. The van der Waals surface area contributed by atoms with Gasteiger partial charge in [0, 0.05) is 17.8 Å². The van der Waals surface area contributed by atoms with Crippen LogP contribution in [0.3, 0.4) is 0 Å². The molecule has 3 rings (SSSR count). The second kappa shape index (κ2) is 7.89. The Kier molecular flexibility index (Phi) is 5.55. The van der Waals surface area contributed by atoms with Crippen molar-refractivity contribution in [1.29, 1.82) is 0 Å². The number of hydrogen-bond acceptors (Lipinski definition) is 4. The Morgan fingerprint density at radius 1 is 1.07 bits per heavy atom. The lowest BCUT2D eigenvalue weighted by Crippen LogP contribution is -2.40. The fourth-order valence-electron chi connectivity index (χ4n) is 2.66. The van der Waals surface area contributed by atoms with E-state index in [0.29, 0.717) is 5.56 Å². The lowest BCUT2D eigenvalue weighted by molar-refractivity contribution is 0.390. The lowest BCUT2D eigenvalue weighted by Gasteiger charge is -2.13. The highest BCUT2D eigenvalue weighted by molar-refractivity contribution is 6.29. The molecule has 0 saturated heterocycles. The molecule has 0 N–H and O–H groups in total. The van der Waals surface area contributed by atoms with Gasteiger partial charge in [-0.15, -0.1) is 0 Å². The summed E-state index contributed by atoms with van der Waals surface area (Å²) in [6.07, 6.45) is 1.49. The zero-order chi connectivity index (χ0) is 20.4. The predicted octanol–water partition coefficient (Wildman–Crippen LogP) is 2.58. The maximum absolute atomic E-state index is 13.4. The molecule has 0 aliphatic carbocycles. The maximum Gasteiger partial charge on any atom is 0.332 e. The molecule has 0 spiro atoms. The van der Waals surface area contributed by atoms with E-state index in [9.17, 15) is 22.8 Å². The SMILES string of the molecule is COc1ncccc1Cn1c(=O)cc(Cl)n(Cc2cc(F)c(F)c(F)c2)c1=O. The van der Waals surface area contributed by atoms with E-state index < -0.39 is 28.7 Å². The van der Waals surface area contributed by atoms with Gasteiger partial charge in [-0.2, -0.15) is 0 Å². The van der Waals surface area contributed by atoms with E-state index in [1.807, 2.05) is 0 Å². The zero-order valence-electron chi connectivity index (χ0n) is 14.5. The number of hydrogen-bond donors (Lipinski definition) is 0. The number of methoxy groups -OCH3 is 1. The van der Waals surface area contributed by atoms with Crippen LogP contribution in [0.2, 0.25) is 5.15 Å². The molecular formula is C18H13ClF3N3O3. The fourth-order valence-corrected chi connectivity index (χ4v) is 2.88. The molecule has 1 aromatic carbocycles. The molecule has 28 heavy (non-hydrogen) atoms. The van der Waals surface area contributed by atoms with Gasteiger partial charge in [-0.3, -0.25) is 13.9 Å². The fraction of sp³-hybridized carbons (Fsp3) is 0.167.